The lowest BCUT2D eigenvalue weighted by Crippen LogP contribution is -2.46. The van der Waals surface area contributed by atoms with Crippen LogP contribution in [0.5, 0.6) is 5.75 Å². The largest absolute Gasteiger partial charge is 0.434 e. The second kappa shape index (κ2) is 12.0. The van der Waals surface area contributed by atoms with E-state index in [1.165, 1.54) is 11.0 Å². The Morgan fingerprint density at radius 3 is 2.61 bits per heavy atom. The zero-order valence-corrected chi connectivity index (χ0v) is 18.8. The van der Waals surface area contributed by atoms with E-state index in [-0.39, 0.29) is 48.7 Å². The van der Waals surface area contributed by atoms with Crippen LogP contribution in [-0.2, 0) is 11.3 Å². The molecule has 6 nitrogen and oxygen atoms in total. The van der Waals surface area contributed by atoms with Crippen molar-refractivity contribution in [1.29, 1.82) is 0 Å². The highest BCUT2D eigenvalue weighted by Crippen LogP contribution is 2.23. The molecule has 1 aliphatic rings. The van der Waals surface area contributed by atoms with Gasteiger partial charge in [-0.25, -0.2) is 4.99 Å². The number of likely N-dealkylation sites (N-methyl/N-ethyl adjacent to an activating group) is 1. The molecule has 0 atom stereocenters. The van der Waals surface area contributed by atoms with Crippen LogP contribution in [0.3, 0.4) is 0 Å². The molecule has 1 aliphatic carbocycles. The van der Waals surface area contributed by atoms with Crippen molar-refractivity contribution in [2.75, 3.05) is 20.6 Å². The summed E-state index contributed by atoms with van der Waals surface area (Å²) in [6.45, 7) is -0.727. The summed E-state index contributed by atoms with van der Waals surface area (Å²) in [6.07, 6.45) is 4.41. The molecule has 2 rings (SSSR count). The fourth-order valence-electron chi connectivity index (χ4n) is 2.94. The lowest BCUT2D eigenvalue weighted by Gasteiger charge is -2.19. The first-order valence-corrected chi connectivity index (χ1v) is 9.14. The van der Waals surface area contributed by atoms with Gasteiger partial charge in [0.25, 0.3) is 0 Å². The number of nitrogens with zero attached hydrogens (tertiary/aromatic N) is 2. The first-order valence-electron chi connectivity index (χ1n) is 9.14. The standard InChI is InChI=1S/C19H28F2N4O2.HI/c1-13-8-9-16(27-18(20)21)14(10-13)11-22-19(23-12-17(26)25(2)3)24-15-6-4-5-7-15;/h8-10,15,18H,4-7,11-12H2,1-3H3,(H2,22,23,24);1H. The van der Waals surface area contributed by atoms with Gasteiger partial charge in [0.2, 0.25) is 5.91 Å². The Morgan fingerprint density at radius 2 is 2.00 bits per heavy atom. The highest BCUT2D eigenvalue weighted by atomic mass is 127. The molecular formula is C19H29F2IN4O2. The average Bonchev–Trinajstić information content (AvgIpc) is 3.11. The molecule has 0 bridgehead atoms. The van der Waals surface area contributed by atoms with Crippen LogP contribution in [-0.4, -0.2) is 50.1 Å². The maximum Gasteiger partial charge on any atom is 0.387 e. The number of aryl methyl sites for hydroxylation is 1. The minimum absolute atomic E-state index is 0. The molecule has 9 heteroatoms. The summed E-state index contributed by atoms with van der Waals surface area (Å²) in [6, 6.07) is 5.33. The Hall–Kier alpha value is -1.65. The molecule has 158 valence electrons. The van der Waals surface area contributed by atoms with Gasteiger partial charge in [-0.05, 0) is 25.8 Å². The predicted molar refractivity (Wildman–Crippen MR) is 116 cm³/mol. The van der Waals surface area contributed by atoms with E-state index >= 15 is 0 Å². The Bertz CT molecular complexity index is 665. The quantitative estimate of drug-likeness (QED) is 0.336. The number of halogens is 3. The van der Waals surface area contributed by atoms with Crippen LogP contribution < -0.4 is 15.4 Å². The topological polar surface area (TPSA) is 66.0 Å². The number of rotatable bonds is 7. The van der Waals surface area contributed by atoms with E-state index in [1.807, 2.05) is 6.92 Å². The van der Waals surface area contributed by atoms with Crippen molar-refractivity contribution in [3.63, 3.8) is 0 Å². The summed E-state index contributed by atoms with van der Waals surface area (Å²) in [5.41, 5.74) is 1.50. The summed E-state index contributed by atoms with van der Waals surface area (Å²) < 4.78 is 29.9. The number of guanidine groups is 1. The monoisotopic (exact) mass is 510 g/mol. The average molecular weight is 510 g/mol. The molecule has 1 fully saturated rings. The van der Waals surface area contributed by atoms with E-state index in [1.54, 1.807) is 26.2 Å². The van der Waals surface area contributed by atoms with Crippen molar-refractivity contribution in [3.05, 3.63) is 29.3 Å². The van der Waals surface area contributed by atoms with Crippen LogP contribution in [0.1, 0.15) is 36.8 Å². The Morgan fingerprint density at radius 1 is 1.32 bits per heavy atom. The molecule has 0 radical (unpaired) electrons. The normalized spacial score (nSPS) is 14.6. The van der Waals surface area contributed by atoms with Gasteiger partial charge >= 0.3 is 6.61 Å². The number of alkyl halides is 2. The van der Waals surface area contributed by atoms with Gasteiger partial charge in [-0.1, -0.05) is 30.5 Å². The molecule has 1 saturated carbocycles. The van der Waals surface area contributed by atoms with E-state index in [9.17, 15) is 13.6 Å². The van der Waals surface area contributed by atoms with Crippen LogP contribution in [0.15, 0.2) is 23.2 Å². The number of hydrogen-bond acceptors (Lipinski definition) is 3. The van der Waals surface area contributed by atoms with Gasteiger partial charge in [0.15, 0.2) is 5.96 Å². The van der Waals surface area contributed by atoms with Crippen molar-refractivity contribution >= 4 is 35.8 Å². The second-order valence-electron chi connectivity index (χ2n) is 6.92. The Kier molecular flexibility index (Phi) is 10.5. The maximum absolute atomic E-state index is 12.6. The zero-order chi connectivity index (χ0) is 19.8. The first-order chi connectivity index (χ1) is 12.8. The van der Waals surface area contributed by atoms with Gasteiger partial charge in [0.1, 0.15) is 5.75 Å². The summed E-state index contributed by atoms with van der Waals surface area (Å²) in [5.74, 6) is 0.540. The van der Waals surface area contributed by atoms with E-state index in [0.717, 1.165) is 31.2 Å². The maximum atomic E-state index is 12.6. The molecule has 1 amide bonds. The fourth-order valence-corrected chi connectivity index (χ4v) is 2.94. The van der Waals surface area contributed by atoms with Crippen LogP contribution in [0.2, 0.25) is 0 Å². The number of nitrogens with one attached hydrogen (secondary N) is 2. The van der Waals surface area contributed by atoms with Crippen molar-refractivity contribution in [1.82, 2.24) is 15.5 Å². The third-order valence-electron chi connectivity index (χ3n) is 4.44. The van der Waals surface area contributed by atoms with Gasteiger partial charge in [-0.2, -0.15) is 8.78 Å². The number of benzene rings is 1. The number of hydrogen-bond donors (Lipinski definition) is 2. The Balaban J connectivity index is 0.00000392. The molecule has 0 unspecified atom stereocenters. The van der Waals surface area contributed by atoms with Gasteiger partial charge in [0.05, 0.1) is 13.1 Å². The molecule has 28 heavy (non-hydrogen) atoms. The third kappa shape index (κ3) is 8.15. The molecular weight excluding hydrogens is 481 g/mol. The van der Waals surface area contributed by atoms with Gasteiger partial charge in [-0.15, -0.1) is 24.0 Å². The number of amides is 1. The minimum Gasteiger partial charge on any atom is -0.434 e. The van der Waals surface area contributed by atoms with Crippen LogP contribution in [0.25, 0.3) is 0 Å². The summed E-state index contributed by atoms with van der Waals surface area (Å²) >= 11 is 0. The lowest BCUT2D eigenvalue weighted by atomic mass is 10.1. The summed E-state index contributed by atoms with van der Waals surface area (Å²) in [4.78, 5) is 17.8. The zero-order valence-electron chi connectivity index (χ0n) is 16.5. The molecule has 2 N–H and O–H groups in total. The van der Waals surface area contributed by atoms with E-state index in [4.69, 9.17) is 0 Å². The van der Waals surface area contributed by atoms with Crippen molar-refractivity contribution in [2.45, 2.75) is 51.8 Å². The predicted octanol–water partition coefficient (Wildman–Crippen LogP) is 3.28. The molecule has 0 heterocycles. The van der Waals surface area contributed by atoms with Gasteiger partial charge < -0.3 is 20.3 Å². The number of carbonyl (C=O) groups excluding carboxylic acids is 1. The van der Waals surface area contributed by atoms with Crippen LogP contribution in [0.4, 0.5) is 8.78 Å². The van der Waals surface area contributed by atoms with Crippen LogP contribution >= 0.6 is 24.0 Å². The number of carbonyl (C=O) groups is 1. The fraction of sp³-hybridized carbons (Fsp3) is 0.579. The summed E-state index contributed by atoms with van der Waals surface area (Å²) in [5, 5.41) is 6.37. The van der Waals surface area contributed by atoms with Crippen LogP contribution in [0, 0.1) is 6.92 Å². The number of ether oxygens (including phenoxy) is 1. The van der Waals surface area contributed by atoms with E-state index in [2.05, 4.69) is 20.4 Å². The van der Waals surface area contributed by atoms with Gasteiger partial charge in [0, 0.05) is 25.7 Å². The third-order valence-corrected chi connectivity index (χ3v) is 4.44. The van der Waals surface area contributed by atoms with E-state index < -0.39 is 6.61 Å². The molecule has 0 saturated heterocycles. The highest BCUT2D eigenvalue weighted by molar-refractivity contribution is 14.0. The molecule has 0 aliphatic heterocycles. The highest BCUT2D eigenvalue weighted by Gasteiger charge is 2.17. The minimum atomic E-state index is -2.89. The second-order valence-corrected chi connectivity index (χ2v) is 6.92. The molecule has 0 aromatic heterocycles. The smallest absolute Gasteiger partial charge is 0.387 e. The van der Waals surface area contributed by atoms with Crippen molar-refractivity contribution in [2.24, 2.45) is 4.99 Å². The Labute approximate surface area is 182 Å². The molecule has 1 aromatic carbocycles. The van der Waals surface area contributed by atoms with Crippen molar-refractivity contribution in [3.8, 4) is 5.75 Å². The first kappa shape index (κ1) is 24.4. The molecule has 0 spiro atoms. The van der Waals surface area contributed by atoms with E-state index in [0.29, 0.717) is 17.6 Å². The lowest BCUT2D eigenvalue weighted by molar-refractivity contribution is -0.127. The van der Waals surface area contributed by atoms with Gasteiger partial charge in [-0.3, -0.25) is 4.79 Å². The SMILES string of the molecule is Cc1ccc(OC(F)F)c(CN=C(NCC(=O)N(C)C)NC2CCCC2)c1.I. The summed E-state index contributed by atoms with van der Waals surface area (Å²) in [7, 11) is 3.37. The molecule has 1 aromatic rings. The number of aliphatic imine (C=N–C) groups is 1. The van der Waals surface area contributed by atoms with Crippen molar-refractivity contribution < 1.29 is 18.3 Å².